The monoisotopic (exact) mass is 351 g/mol. The highest BCUT2D eigenvalue weighted by Crippen LogP contribution is 2.16. The molecule has 0 radical (unpaired) electrons. The first-order chi connectivity index (χ1) is 12.7. The molecule has 1 fully saturated rings. The van der Waals surface area contributed by atoms with Gasteiger partial charge >= 0.3 is 0 Å². The van der Waals surface area contributed by atoms with Crippen LogP contribution in [0.4, 0.5) is 5.69 Å². The van der Waals surface area contributed by atoms with Crippen molar-refractivity contribution in [2.75, 3.05) is 37.6 Å². The summed E-state index contributed by atoms with van der Waals surface area (Å²) in [6, 6.07) is 18.8. The second-order valence-corrected chi connectivity index (χ2v) is 6.97. The van der Waals surface area contributed by atoms with Gasteiger partial charge in [0.05, 0.1) is 0 Å². The fourth-order valence-electron chi connectivity index (χ4n) is 3.42. The number of para-hydroxylation sites is 1. The number of aryl methyl sites for hydroxylation is 1. The van der Waals surface area contributed by atoms with E-state index in [1.807, 2.05) is 24.3 Å². The average molecular weight is 351 g/mol. The normalized spacial score (nSPS) is 16.3. The number of nitrogens with one attached hydrogen (secondary N) is 1. The van der Waals surface area contributed by atoms with Gasteiger partial charge in [0.2, 0.25) is 0 Å². The molecule has 4 nitrogen and oxygen atoms in total. The molecule has 2 aromatic carbocycles. The number of carbonyl (C=O) groups excluding carboxylic acids is 1. The molecule has 0 saturated carbocycles. The van der Waals surface area contributed by atoms with Gasteiger partial charge in [-0.1, -0.05) is 37.3 Å². The van der Waals surface area contributed by atoms with Gasteiger partial charge in [0, 0.05) is 50.0 Å². The minimum Gasteiger partial charge on any atom is -0.369 e. The highest BCUT2D eigenvalue weighted by atomic mass is 16.1. The van der Waals surface area contributed by atoms with Crippen molar-refractivity contribution >= 4 is 11.6 Å². The van der Waals surface area contributed by atoms with Gasteiger partial charge in [-0.15, -0.1) is 0 Å². The van der Waals surface area contributed by atoms with Crippen LogP contribution in [0.1, 0.15) is 29.8 Å². The minimum absolute atomic E-state index is 0.0161. The summed E-state index contributed by atoms with van der Waals surface area (Å²) < 4.78 is 0. The summed E-state index contributed by atoms with van der Waals surface area (Å²) in [4.78, 5) is 17.2. The SMILES string of the molecule is CCc1ccc(C(=O)NC[C@H](C)N2CCN(c3ccccc3)CC2)cc1. The number of piperazine rings is 1. The molecular weight excluding hydrogens is 322 g/mol. The zero-order valence-corrected chi connectivity index (χ0v) is 15.8. The van der Waals surface area contributed by atoms with Gasteiger partial charge in [0.15, 0.2) is 0 Å². The molecule has 1 N–H and O–H groups in total. The van der Waals surface area contributed by atoms with E-state index in [0.29, 0.717) is 12.6 Å². The minimum atomic E-state index is 0.0161. The molecular formula is C22H29N3O. The largest absolute Gasteiger partial charge is 0.369 e. The van der Waals surface area contributed by atoms with Crippen LogP contribution < -0.4 is 10.2 Å². The van der Waals surface area contributed by atoms with Crippen molar-refractivity contribution in [3.8, 4) is 0 Å². The molecule has 1 atom stereocenters. The van der Waals surface area contributed by atoms with Crippen LogP contribution in [0, 0.1) is 0 Å². The Morgan fingerprint density at radius 1 is 1.00 bits per heavy atom. The lowest BCUT2D eigenvalue weighted by Crippen LogP contribution is -2.52. The van der Waals surface area contributed by atoms with Crippen molar-refractivity contribution in [1.82, 2.24) is 10.2 Å². The summed E-state index contributed by atoms with van der Waals surface area (Å²) in [5.41, 5.74) is 3.29. The third kappa shape index (κ3) is 4.64. The Labute approximate surface area is 156 Å². The first kappa shape index (κ1) is 18.5. The molecule has 26 heavy (non-hydrogen) atoms. The summed E-state index contributed by atoms with van der Waals surface area (Å²) >= 11 is 0. The molecule has 0 bridgehead atoms. The van der Waals surface area contributed by atoms with E-state index in [9.17, 15) is 4.79 Å². The van der Waals surface area contributed by atoms with Crippen molar-refractivity contribution in [2.45, 2.75) is 26.3 Å². The Morgan fingerprint density at radius 3 is 2.27 bits per heavy atom. The second kappa shape index (κ2) is 8.86. The van der Waals surface area contributed by atoms with E-state index in [-0.39, 0.29) is 5.91 Å². The molecule has 0 aliphatic carbocycles. The van der Waals surface area contributed by atoms with Gasteiger partial charge in [0.25, 0.3) is 5.91 Å². The van der Waals surface area contributed by atoms with Crippen LogP contribution in [-0.4, -0.2) is 49.6 Å². The third-order valence-electron chi connectivity index (χ3n) is 5.24. The van der Waals surface area contributed by atoms with E-state index in [1.54, 1.807) is 0 Å². The summed E-state index contributed by atoms with van der Waals surface area (Å²) in [5.74, 6) is 0.0161. The predicted octanol–water partition coefficient (Wildman–Crippen LogP) is 3.19. The fraction of sp³-hybridized carbons (Fsp3) is 0.409. The van der Waals surface area contributed by atoms with Gasteiger partial charge in [-0.3, -0.25) is 9.69 Å². The number of carbonyl (C=O) groups is 1. The van der Waals surface area contributed by atoms with Crippen LogP contribution in [0.15, 0.2) is 54.6 Å². The predicted molar refractivity (Wildman–Crippen MR) is 108 cm³/mol. The Balaban J connectivity index is 1.45. The van der Waals surface area contributed by atoms with E-state index in [0.717, 1.165) is 38.2 Å². The lowest BCUT2D eigenvalue weighted by molar-refractivity contribution is 0.0934. The number of hydrogen-bond acceptors (Lipinski definition) is 3. The van der Waals surface area contributed by atoms with Gasteiger partial charge in [-0.25, -0.2) is 0 Å². The summed E-state index contributed by atoms with van der Waals surface area (Å²) in [6.45, 7) is 9.10. The molecule has 3 rings (SSSR count). The number of anilines is 1. The topological polar surface area (TPSA) is 35.6 Å². The van der Waals surface area contributed by atoms with E-state index >= 15 is 0 Å². The van der Waals surface area contributed by atoms with Crippen molar-refractivity contribution in [1.29, 1.82) is 0 Å². The molecule has 1 amide bonds. The van der Waals surface area contributed by atoms with Gasteiger partial charge in [-0.05, 0) is 43.2 Å². The third-order valence-corrected chi connectivity index (χ3v) is 5.24. The molecule has 1 heterocycles. The van der Waals surface area contributed by atoms with Crippen LogP contribution in [0.3, 0.4) is 0 Å². The lowest BCUT2D eigenvalue weighted by atomic mass is 10.1. The highest BCUT2D eigenvalue weighted by molar-refractivity contribution is 5.94. The quantitative estimate of drug-likeness (QED) is 0.868. The van der Waals surface area contributed by atoms with Crippen molar-refractivity contribution in [3.05, 3.63) is 65.7 Å². The maximum atomic E-state index is 12.3. The number of amides is 1. The standard InChI is InChI=1S/C22H29N3O/c1-3-19-9-11-20(12-10-19)22(26)23-17-18(2)24-13-15-25(16-14-24)21-7-5-4-6-8-21/h4-12,18H,3,13-17H2,1-2H3,(H,23,26)/t18-/m0/s1. The van der Waals surface area contributed by atoms with Crippen LogP contribution in [0.2, 0.25) is 0 Å². The van der Waals surface area contributed by atoms with Crippen LogP contribution in [0.5, 0.6) is 0 Å². The summed E-state index contributed by atoms with van der Waals surface area (Å²) in [5, 5.41) is 3.08. The molecule has 2 aromatic rings. The van der Waals surface area contributed by atoms with Gasteiger partial charge < -0.3 is 10.2 Å². The summed E-state index contributed by atoms with van der Waals surface area (Å²) in [7, 11) is 0. The molecule has 4 heteroatoms. The molecule has 0 unspecified atom stereocenters. The maximum Gasteiger partial charge on any atom is 0.251 e. The molecule has 0 aromatic heterocycles. The maximum absolute atomic E-state index is 12.3. The van der Waals surface area contributed by atoms with Crippen LogP contribution in [-0.2, 0) is 6.42 Å². The first-order valence-electron chi connectivity index (χ1n) is 9.58. The lowest BCUT2D eigenvalue weighted by Gasteiger charge is -2.39. The number of nitrogens with zero attached hydrogens (tertiary/aromatic N) is 2. The Hall–Kier alpha value is -2.33. The van der Waals surface area contributed by atoms with E-state index < -0.39 is 0 Å². The number of hydrogen-bond donors (Lipinski definition) is 1. The molecule has 138 valence electrons. The average Bonchev–Trinajstić information content (AvgIpc) is 2.72. The summed E-state index contributed by atoms with van der Waals surface area (Å²) in [6.07, 6.45) is 0.994. The Kier molecular flexibility index (Phi) is 6.29. The fourth-order valence-corrected chi connectivity index (χ4v) is 3.42. The zero-order valence-electron chi connectivity index (χ0n) is 15.8. The van der Waals surface area contributed by atoms with Crippen LogP contribution in [0.25, 0.3) is 0 Å². The zero-order chi connectivity index (χ0) is 18.4. The smallest absolute Gasteiger partial charge is 0.251 e. The Morgan fingerprint density at radius 2 is 1.65 bits per heavy atom. The first-order valence-corrected chi connectivity index (χ1v) is 9.58. The van der Waals surface area contributed by atoms with Crippen molar-refractivity contribution in [2.24, 2.45) is 0 Å². The molecule has 0 spiro atoms. The van der Waals surface area contributed by atoms with E-state index in [4.69, 9.17) is 0 Å². The number of benzene rings is 2. The molecule has 1 aliphatic rings. The number of rotatable bonds is 6. The van der Waals surface area contributed by atoms with Crippen molar-refractivity contribution in [3.63, 3.8) is 0 Å². The van der Waals surface area contributed by atoms with E-state index in [1.165, 1.54) is 11.3 Å². The molecule has 1 aliphatic heterocycles. The molecule has 1 saturated heterocycles. The van der Waals surface area contributed by atoms with Crippen molar-refractivity contribution < 1.29 is 4.79 Å². The van der Waals surface area contributed by atoms with E-state index in [2.05, 4.69) is 59.3 Å². The van der Waals surface area contributed by atoms with Crippen LogP contribution >= 0.6 is 0 Å². The second-order valence-electron chi connectivity index (χ2n) is 6.97. The van der Waals surface area contributed by atoms with Gasteiger partial charge in [0.1, 0.15) is 0 Å². The van der Waals surface area contributed by atoms with Gasteiger partial charge in [-0.2, -0.15) is 0 Å². The Bertz CT molecular complexity index is 691. The highest BCUT2D eigenvalue weighted by Gasteiger charge is 2.21.